The van der Waals surface area contributed by atoms with Crippen LogP contribution in [0.2, 0.25) is 0 Å². The number of aromatic hydroxyl groups is 1. The third-order valence-corrected chi connectivity index (χ3v) is 3.24. The van der Waals surface area contributed by atoms with Crippen molar-refractivity contribution in [3.05, 3.63) is 46.1 Å². The van der Waals surface area contributed by atoms with Crippen LogP contribution in [0.1, 0.15) is 35.0 Å². The first-order valence-electron chi connectivity index (χ1n) is 5.69. The first-order valence-corrected chi connectivity index (χ1v) is 6.48. The van der Waals surface area contributed by atoms with Gasteiger partial charge in [-0.15, -0.1) is 0 Å². The number of carbonyl (C=O) groups is 1. The molecule has 1 atom stereocenters. The Bertz CT molecular complexity index is 610. The Labute approximate surface area is 118 Å². The van der Waals surface area contributed by atoms with Crippen LogP contribution in [0.4, 0.5) is 0 Å². The highest BCUT2D eigenvalue weighted by atomic mass is 79.9. The van der Waals surface area contributed by atoms with Gasteiger partial charge in [0.1, 0.15) is 17.6 Å². The topological polar surface area (TPSA) is 75.4 Å². The third kappa shape index (κ3) is 3.14. The average molecular weight is 325 g/mol. The van der Waals surface area contributed by atoms with Gasteiger partial charge in [0.05, 0.1) is 10.7 Å². The predicted molar refractivity (Wildman–Crippen MR) is 72.9 cm³/mol. The number of oxazole rings is 1. The van der Waals surface area contributed by atoms with Gasteiger partial charge in [0.25, 0.3) is 5.91 Å². The number of aryl methyl sites for hydroxylation is 1. The molecule has 0 spiro atoms. The van der Waals surface area contributed by atoms with Crippen molar-refractivity contribution in [1.82, 2.24) is 10.3 Å². The molecule has 2 aromatic rings. The van der Waals surface area contributed by atoms with Gasteiger partial charge in [-0.3, -0.25) is 4.79 Å². The van der Waals surface area contributed by atoms with Crippen LogP contribution >= 0.6 is 15.9 Å². The van der Waals surface area contributed by atoms with E-state index < -0.39 is 0 Å². The molecule has 0 bridgehead atoms. The Hall–Kier alpha value is -1.82. The molecule has 100 valence electrons. The fourth-order valence-corrected chi connectivity index (χ4v) is 1.81. The van der Waals surface area contributed by atoms with Gasteiger partial charge in [-0.05, 0) is 48.0 Å². The lowest BCUT2D eigenvalue weighted by Crippen LogP contribution is -2.26. The summed E-state index contributed by atoms with van der Waals surface area (Å²) in [6.07, 6.45) is 1.60. The van der Waals surface area contributed by atoms with E-state index in [9.17, 15) is 9.90 Å². The summed E-state index contributed by atoms with van der Waals surface area (Å²) in [5, 5.41) is 12.3. The van der Waals surface area contributed by atoms with E-state index in [1.165, 1.54) is 6.07 Å². The molecule has 0 saturated carbocycles. The number of carbonyl (C=O) groups excluding carboxylic acids is 1. The number of hydrogen-bond donors (Lipinski definition) is 2. The number of phenols is 1. The van der Waals surface area contributed by atoms with Gasteiger partial charge >= 0.3 is 0 Å². The van der Waals surface area contributed by atoms with Crippen LogP contribution in [0.3, 0.4) is 0 Å². The second-order valence-corrected chi connectivity index (χ2v) is 5.02. The number of hydrogen-bond acceptors (Lipinski definition) is 4. The highest BCUT2D eigenvalue weighted by molar-refractivity contribution is 9.10. The van der Waals surface area contributed by atoms with E-state index in [4.69, 9.17) is 4.42 Å². The minimum absolute atomic E-state index is 0.0206. The number of amides is 1. The summed E-state index contributed by atoms with van der Waals surface area (Å²) < 4.78 is 5.88. The molecule has 6 heteroatoms. The molecule has 0 radical (unpaired) electrons. The van der Waals surface area contributed by atoms with Gasteiger partial charge in [0, 0.05) is 5.56 Å². The van der Waals surface area contributed by atoms with Gasteiger partial charge in [-0.2, -0.15) is 0 Å². The largest absolute Gasteiger partial charge is 0.507 e. The minimum atomic E-state index is -0.341. The zero-order valence-electron chi connectivity index (χ0n) is 10.5. The van der Waals surface area contributed by atoms with Crippen molar-refractivity contribution in [3.63, 3.8) is 0 Å². The zero-order valence-corrected chi connectivity index (χ0v) is 12.1. The highest BCUT2D eigenvalue weighted by Gasteiger charge is 2.16. The van der Waals surface area contributed by atoms with Crippen LogP contribution in [-0.4, -0.2) is 16.0 Å². The molecule has 0 aliphatic carbocycles. The van der Waals surface area contributed by atoms with Crippen molar-refractivity contribution in [1.29, 1.82) is 0 Å². The van der Waals surface area contributed by atoms with Gasteiger partial charge < -0.3 is 14.8 Å². The van der Waals surface area contributed by atoms with E-state index in [0.717, 1.165) is 0 Å². The smallest absolute Gasteiger partial charge is 0.252 e. The summed E-state index contributed by atoms with van der Waals surface area (Å²) >= 11 is 3.16. The van der Waals surface area contributed by atoms with Crippen molar-refractivity contribution >= 4 is 21.8 Å². The minimum Gasteiger partial charge on any atom is -0.507 e. The number of nitrogens with one attached hydrogen (secondary N) is 1. The molecular weight excluding hydrogens is 312 g/mol. The SMILES string of the molecule is Cc1cnc(C(C)NC(=O)c2ccc(Br)c(O)c2)o1. The molecule has 0 aliphatic rings. The van der Waals surface area contributed by atoms with Crippen molar-refractivity contribution in [2.45, 2.75) is 19.9 Å². The van der Waals surface area contributed by atoms with E-state index in [-0.39, 0.29) is 17.7 Å². The lowest BCUT2D eigenvalue weighted by atomic mass is 10.2. The molecule has 2 rings (SSSR count). The van der Waals surface area contributed by atoms with Gasteiger partial charge in [0.15, 0.2) is 0 Å². The second-order valence-electron chi connectivity index (χ2n) is 4.17. The molecule has 1 heterocycles. The van der Waals surface area contributed by atoms with E-state index in [0.29, 0.717) is 21.7 Å². The summed E-state index contributed by atoms with van der Waals surface area (Å²) in [5.74, 6) is 0.864. The van der Waals surface area contributed by atoms with Crippen molar-refractivity contribution in [2.24, 2.45) is 0 Å². The van der Waals surface area contributed by atoms with Crippen LogP contribution in [-0.2, 0) is 0 Å². The number of rotatable bonds is 3. The van der Waals surface area contributed by atoms with Crippen LogP contribution in [0, 0.1) is 6.92 Å². The van der Waals surface area contributed by atoms with Gasteiger partial charge in [-0.25, -0.2) is 4.98 Å². The number of halogens is 1. The zero-order chi connectivity index (χ0) is 14.0. The number of aromatic nitrogens is 1. The Balaban J connectivity index is 2.10. The molecule has 1 amide bonds. The van der Waals surface area contributed by atoms with Crippen molar-refractivity contribution < 1.29 is 14.3 Å². The Morgan fingerprint density at radius 2 is 2.26 bits per heavy atom. The van der Waals surface area contributed by atoms with Gasteiger partial charge in [0.2, 0.25) is 5.89 Å². The molecule has 0 saturated heterocycles. The normalized spacial score (nSPS) is 12.2. The Morgan fingerprint density at radius 1 is 1.53 bits per heavy atom. The van der Waals surface area contributed by atoms with Crippen LogP contribution in [0.5, 0.6) is 5.75 Å². The van der Waals surface area contributed by atoms with Gasteiger partial charge in [-0.1, -0.05) is 0 Å². The average Bonchev–Trinajstić information content (AvgIpc) is 2.79. The van der Waals surface area contributed by atoms with Crippen LogP contribution in [0.15, 0.2) is 33.3 Å². The fourth-order valence-electron chi connectivity index (χ4n) is 1.57. The summed E-state index contributed by atoms with van der Waals surface area (Å²) in [4.78, 5) is 16.0. The summed E-state index contributed by atoms with van der Waals surface area (Å²) in [6.45, 7) is 3.57. The molecule has 19 heavy (non-hydrogen) atoms. The monoisotopic (exact) mass is 324 g/mol. The molecule has 1 unspecified atom stereocenters. The quantitative estimate of drug-likeness (QED) is 0.910. The maximum Gasteiger partial charge on any atom is 0.252 e. The Morgan fingerprint density at radius 3 is 2.84 bits per heavy atom. The molecule has 1 aromatic carbocycles. The molecule has 0 aliphatic heterocycles. The maximum absolute atomic E-state index is 12.0. The first-order chi connectivity index (χ1) is 8.97. The van der Waals surface area contributed by atoms with Crippen LogP contribution in [0.25, 0.3) is 0 Å². The molecule has 1 aromatic heterocycles. The maximum atomic E-state index is 12.0. The molecule has 0 fully saturated rings. The number of benzene rings is 1. The predicted octanol–water partition coefficient (Wildman–Crippen LogP) is 2.94. The molecule has 5 nitrogen and oxygen atoms in total. The first kappa shape index (κ1) is 13.6. The second kappa shape index (κ2) is 5.44. The molecular formula is C13H13BrN2O3. The highest BCUT2D eigenvalue weighted by Crippen LogP contribution is 2.24. The van der Waals surface area contributed by atoms with Crippen LogP contribution < -0.4 is 5.32 Å². The van der Waals surface area contributed by atoms with Crippen molar-refractivity contribution in [2.75, 3.05) is 0 Å². The van der Waals surface area contributed by atoms with E-state index in [2.05, 4.69) is 26.2 Å². The molecule has 2 N–H and O–H groups in total. The lowest BCUT2D eigenvalue weighted by Gasteiger charge is -2.10. The fraction of sp³-hybridized carbons (Fsp3) is 0.231. The third-order valence-electron chi connectivity index (χ3n) is 2.57. The number of nitrogens with zero attached hydrogens (tertiary/aromatic N) is 1. The Kier molecular flexibility index (Phi) is 3.90. The van der Waals surface area contributed by atoms with E-state index in [1.54, 1.807) is 32.2 Å². The lowest BCUT2D eigenvalue weighted by molar-refractivity contribution is 0.0933. The standard InChI is InChI=1S/C13H13BrN2O3/c1-7-6-15-13(19-7)8(2)16-12(18)9-3-4-10(14)11(17)5-9/h3-6,8,17H,1-2H3,(H,16,18). The van der Waals surface area contributed by atoms with E-state index >= 15 is 0 Å². The summed E-state index contributed by atoms with van der Waals surface area (Å²) in [7, 11) is 0. The summed E-state index contributed by atoms with van der Waals surface area (Å²) in [5.41, 5.74) is 0.371. The number of phenolic OH excluding ortho intramolecular Hbond substituents is 1. The summed E-state index contributed by atoms with van der Waals surface area (Å²) in [6, 6.07) is 4.29. The van der Waals surface area contributed by atoms with E-state index in [1.807, 2.05) is 0 Å². The van der Waals surface area contributed by atoms with Crippen molar-refractivity contribution in [3.8, 4) is 5.75 Å².